The van der Waals surface area contributed by atoms with E-state index in [-0.39, 0.29) is 11.8 Å². The van der Waals surface area contributed by atoms with Gasteiger partial charge in [0.05, 0.1) is 25.5 Å². The van der Waals surface area contributed by atoms with Crippen LogP contribution < -0.4 is 5.56 Å². The van der Waals surface area contributed by atoms with Crippen molar-refractivity contribution in [2.24, 2.45) is 0 Å². The van der Waals surface area contributed by atoms with Crippen LogP contribution in [0.2, 0.25) is 0 Å². The molecule has 130 valence electrons. The SMILES string of the molecule is CCc1cc(C)c(=O)[nH]c1-c1ccc2c(ccn2CC2OCCO2)c1. The minimum atomic E-state index is -0.171. The zero-order valence-corrected chi connectivity index (χ0v) is 14.5. The Balaban J connectivity index is 1.73. The molecule has 0 spiro atoms. The summed E-state index contributed by atoms with van der Waals surface area (Å²) < 4.78 is 13.2. The number of pyridine rings is 1. The number of H-pyrrole nitrogens is 1. The van der Waals surface area contributed by atoms with E-state index in [2.05, 4.69) is 46.9 Å². The van der Waals surface area contributed by atoms with Crippen molar-refractivity contribution in [3.63, 3.8) is 0 Å². The van der Waals surface area contributed by atoms with Crippen LogP contribution in [0.5, 0.6) is 0 Å². The predicted octanol–water partition coefficient (Wildman–Crippen LogP) is 3.24. The smallest absolute Gasteiger partial charge is 0.251 e. The number of hydrogen-bond donors (Lipinski definition) is 1. The van der Waals surface area contributed by atoms with E-state index in [1.54, 1.807) is 0 Å². The third kappa shape index (κ3) is 3.01. The number of aromatic amines is 1. The average molecular weight is 338 g/mol. The number of nitrogens with zero attached hydrogens (tertiary/aromatic N) is 1. The maximum atomic E-state index is 12.1. The summed E-state index contributed by atoms with van der Waals surface area (Å²) in [6.45, 7) is 5.96. The van der Waals surface area contributed by atoms with Crippen LogP contribution in [0.15, 0.2) is 41.3 Å². The molecule has 1 aliphatic rings. The predicted molar refractivity (Wildman–Crippen MR) is 97.8 cm³/mol. The summed E-state index contributed by atoms with van der Waals surface area (Å²) >= 11 is 0. The maximum Gasteiger partial charge on any atom is 0.251 e. The summed E-state index contributed by atoms with van der Waals surface area (Å²) in [4.78, 5) is 15.1. The number of rotatable bonds is 4. The Kier molecular flexibility index (Phi) is 4.19. The van der Waals surface area contributed by atoms with E-state index in [9.17, 15) is 4.79 Å². The van der Waals surface area contributed by atoms with Gasteiger partial charge < -0.3 is 19.0 Å². The molecule has 0 bridgehead atoms. The fourth-order valence-electron chi connectivity index (χ4n) is 3.42. The van der Waals surface area contributed by atoms with Crippen molar-refractivity contribution in [2.75, 3.05) is 13.2 Å². The monoisotopic (exact) mass is 338 g/mol. The van der Waals surface area contributed by atoms with Gasteiger partial charge in [-0.15, -0.1) is 0 Å². The molecule has 1 N–H and O–H groups in total. The molecule has 0 aliphatic carbocycles. The molecular weight excluding hydrogens is 316 g/mol. The number of aromatic nitrogens is 2. The Labute approximate surface area is 146 Å². The molecule has 5 heteroatoms. The molecule has 0 amide bonds. The molecule has 0 unspecified atom stereocenters. The number of benzene rings is 1. The standard InChI is InChI=1S/C20H22N2O3/c1-3-14-10-13(2)20(23)21-19(14)16-4-5-17-15(11-16)6-7-22(17)12-18-24-8-9-25-18/h4-7,10-11,18H,3,8-9,12H2,1-2H3,(H,21,23). The summed E-state index contributed by atoms with van der Waals surface area (Å²) in [5, 5.41) is 1.14. The Morgan fingerprint density at radius 2 is 2.00 bits per heavy atom. The summed E-state index contributed by atoms with van der Waals surface area (Å²) in [6, 6.07) is 10.4. The van der Waals surface area contributed by atoms with E-state index in [0.29, 0.717) is 19.8 Å². The molecule has 1 aliphatic heterocycles. The van der Waals surface area contributed by atoms with E-state index in [1.165, 1.54) is 0 Å². The first kappa shape index (κ1) is 16.1. The van der Waals surface area contributed by atoms with Gasteiger partial charge in [0.1, 0.15) is 0 Å². The van der Waals surface area contributed by atoms with Crippen molar-refractivity contribution in [1.29, 1.82) is 0 Å². The van der Waals surface area contributed by atoms with E-state index in [0.717, 1.165) is 39.7 Å². The number of nitrogens with one attached hydrogen (secondary N) is 1. The zero-order valence-electron chi connectivity index (χ0n) is 14.5. The van der Waals surface area contributed by atoms with E-state index < -0.39 is 0 Å². The molecule has 3 heterocycles. The van der Waals surface area contributed by atoms with Crippen LogP contribution in [0, 0.1) is 6.92 Å². The number of fused-ring (bicyclic) bond motifs is 1. The largest absolute Gasteiger partial charge is 0.348 e. The lowest BCUT2D eigenvalue weighted by molar-refractivity contribution is -0.0517. The molecule has 25 heavy (non-hydrogen) atoms. The van der Waals surface area contributed by atoms with Crippen LogP contribution in [0.3, 0.4) is 0 Å². The van der Waals surface area contributed by atoms with E-state index in [4.69, 9.17) is 9.47 Å². The number of hydrogen-bond acceptors (Lipinski definition) is 3. The second-order valence-electron chi connectivity index (χ2n) is 6.45. The highest BCUT2D eigenvalue weighted by molar-refractivity contribution is 5.85. The van der Waals surface area contributed by atoms with Crippen LogP contribution in [0.25, 0.3) is 22.2 Å². The van der Waals surface area contributed by atoms with Crippen molar-refractivity contribution >= 4 is 10.9 Å². The normalized spacial score (nSPS) is 15.3. The molecule has 0 saturated carbocycles. The molecule has 0 radical (unpaired) electrons. The fourth-order valence-corrected chi connectivity index (χ4v) is 3.42. The first-order chi connectivity index (χ1) is 12.2. The van der Waals surface area contributed by atoms with Gasteiger partial charge in [-0.1, -0.05) is 13.0 Å². The van der Waals surface area contributed by atoms with Gasteiger partial charge in [0.15, 0.2) is 6.29 Å². The van der Waals surface area contributed by atoms with Crippen molar-refractivity contribution in [2.45, 2.75) is 33.1 Å². The van der Waals surface area contributed by atoms with Gasteiger partial charge in [0.2, 0.25) is 0 Å². The zero-order chi connectivity index (χ0) is 17.4. The van der Waals surface area contributed by atoms with Crippen molar-refractivity contribution < 1.29 is 9.47 Å². The molecule has 1 saturated heterocycles. The van der Waals surface area contributed by atoms with Crippen molar-refractivity contribution in [1.82, 2.24) is 9.55 Å². The summed E-state index contributed by atoms with van der Waals surface area (Å²) in [5.74, 6) is 0. The first-order valence-corrected chi connectivity index (χ1v) is 8.71. The lowest BCUT2D eigenvalue weighted by atomic mass is 10.0. The van der Waals surface area contributed by atoms with Crippen molar-refractivity contribution in [3.05, 3.63) is 58.0 Å². The van der Waals surface area contributed by atoms with Crippen LogP contribution in [0.4, 0.5) is 0 Å². The lowest BCUT2D eigenvalue weighted by Crippen LogP contribution is -2.16. The Bertz CT molecular complexity index is 965. The van der Waals surface area contributed by atoms with Crippen LogP contribution in [-0.4, -0.2) is 29.1 Å². The molecule has 5 nitrogen and oxygen atoms in total. The van der Waals surface area contributed by atoms with Crippen LogP contribution in [-0.2, 0) is 22.4 Å². The summed E-state index contributed by atoms with van der Waals surface area (Å²) in [6.07, 6.45) is 2.76. The third-order valence-corrected chi connectivity index (χ3v) is 4.79. The van der Waals surface area contributed by atoms with Crippen LogP contribution >= 0.6 is 0 Å². The third-order valence-electron chi connectivity index (χ3n) is 4.79. The lowest BCUT2D eigenvalue weighted by Gasteiger charge is -2.12. The molecule has 0 atom stereocenters. The summed E-state index contributed by atoms with van der Waals surface area (Å²) in [5.41, 5.74) is 4.96. The van der Waals surface area contributed by atoms with Gasteiger partial charge >= 0.3 is 0 Å². The second-order valence-corrected chi connectivity index (χ2v) is 6.45. The van der Waals surface area contributed by atoms with Gasteiger partial charge in [-0.2, -0.15) is 0 Å². The van der Waals surface area contributed by atoms with E-state index in [1.807, 2.05) is 13.0 Å². The molecule has 1 fully saturated rings. The first-order valence-electron chi connectivity index (χ1n) is 8.71. The minimum Gasteiger partial charge on any atom is -0.348 e. The molecule has 4 rings (SSSR count). The van der Waals surface area contributed by atoms with E-state index >= 15 is 0 Å². The maximum absolute atomic E-state index is 12.1. The summed E-state index contributed by atoms with van der Waals surface area (Å²) in [7, 11) is 0. The Hall–Kier alpha value is -2.37. The molecule has 1 aromatic carbocycles. The highest BCUT2D eigenvalue weighted by atomic mass is 16.7. The van der Waals surface area contributed by atoms with Gasteiger partial charge in [0.25, 0.3) is 5.56 Å². The van der Waals surface area contributed by atoms with Crippen LogP contribution in [0.1, 0.15) is 18.1 Å². The Morgan fingerprint density at radius 1 is 1.20 bits per heavy atom. The highest BCUT2D eigenvalue weighted by Gasteiger charge is 2.17. The van der Waals surface area contributed by atoms with Gasteiger partial charge in [-0.3, -0.25) is 4.79 Å². The molecular formula is C20H22N2O3. The average Bonchev–Trinajstić information content (AvgIpc) is 3.27. The Morgan fingerprint density at radius 3 is 2.76 bits per heavy atom. The van der Waals surface area contributed by atoms with Gasteiger partial charge in [0, 0.05) is 22.7 Å². The minimum absolute atomic E-state index is 0.0274. The molecule has 3 aromatic rings. The second kappa shape index (κ2) is 6.50. The quantitative estimate of drug-likeness (QED) is 0.794. The van der Waals surface area contributed by atoms with Gasteiger partial charge in [-0.25, -0.2) is 0 Å². The fraction of sp³-hybridized carbons (Fsp3) is 0.350. The number of aryl methyl sites for hydroxylation is 2. The highest BCUT2D eigenvalue weighted by Crippen LogP contribution is 2.27. The van der Waals surface area contributed by atoms with Gasteiger partial charge in [-0.05, 0) is 48.7 Å². The topological polar surface area (TPSA) is 56.2 Å². The number of ether oxygens (including phenoxy) is 2. The van der Waals surface area contributed by atoms with Crippen molar-refractivity contribution in [3.8, 4) is 11.3 Å². The molecule has 2 aromatic heterocycles.